The van der Waals surface area contributed by atoms with Gasteiger partial charge in [0.1, 0.15) is 13.7 Å². The molecule has 32 heavy (non-hydrogen) atoms. The van der Waals surface area contributed by atoms with Crippen LogP contribution in [0.3, 0.4) is 0 Å². The van der Waals surface area contributed by atoms with Gasteiger partial charge in [-0.3, -0.25) is 4.79 Å². The van der Waals surface area contributed by atoms with Gasteiger partial charge in [-0.15, -0.1) is 0 Å². The first-order valence-corrected chi connectivity index (χ1v) is 10.3. The third-order valence-electron chi connectivity index (χ3n) is 5.00. The summed E-state index contributed by atoms with van der Waals surface area (Å²) in [5.41, 5.74) is 2.94. The van der Waals surface area contributed by atoms with Gasteiger partial charge in [0, 0.05) is 41.5 Å². The largest absolute Gasteiger partial charge is 0.454 e. The minimum atomic E-state index is -0.204. The minimum absolute atomic E-state index is 0.166. The van der Waals surface area contributed by atoms with Crippen LogP contribution in [0.1, 0.15) is 10.4 Å². The van der Waals surface area contributed by atoms with Crippen molar-refractivity contribution in [3.63, 3.8) is 0 Å². The van der Waals surface area contributed by atoms with E-state index < -0.39 is 0 Å². The zero-order valence-corrected chi connectivity index (χ0v) is 17.6. The maximum atomic E-state index is 12.5. The first-order chi connectivity index (χ1) is 15.6. The van der Waals surface area contributed by atoms with Crippen LogP contribution in [0.4, 0.5) is 5.82 Å². The Labute approximate surface area is 189 Å². The Kier molecular flexibility index (Phi) is 5.32. The number of ether oxygens (including phenoxy) is 2. The van der Waals surface area contributed by atoms with Gasteiger partial charge in [0.25, 0.3) is 5.91 Å². The molecule has 2 aromatic heterocycles. The van der Waals surface area contributed by atoms with E-state index in [1.807, 2.05) is 24.3 Å². The van der Waals surface area contributed by atoms with Crippen LogP contribution in [0.25, 0.3) is 16.9 Å². The van der Waals surface area contributed by atoms with Gasteiger partial charge in [-0.1, -0.05) is 29.8 Å². The maximum Gasteiger partial charge on any atom is 0.251 e. The van der Waals surface area contributed by atoms with E-state index in [9.17, 15) is 4.79 Å². The van der Waals surface area contributed by atoms with Crippen molar-refractivity contribution in [3.05, 3.63) is 65.3 Å². The third kappa shape index (κ3) is 3.82. The molecule has 2 N–H and O–H groups in total. The lowest BCUT2D eigenvalue weighted by molar-refractivity contribution is 0.0954. The molecule has 3 heterocycles. The van der Waals surface area contributed by atoms with E-state index in [2.05, 4.69) is 20.7 Å². The molecule has 10 heteroatoms. The highest BCUT2D eigenvalue weighted by Gasteiger charge is 2.16. The smallest absolute Gasteiger partial charge is 0.251 e. The first-order valence-electron chi connectivity index (χ1n) is 9.91. The van der Waals surface area contributed by atoms with Crippen molar-refractivity contribution in [3.8, 4) is 22.8 Å². The Morgan fingerprint density at radius 3 is 2.84 bits per heavy atom. The summed E-state index contributed by atoms with van der Waals surface area (Å²) < 4.78 is 12.2. The van der Waals surface area contributed by atoms with Crippen LogP contribution < -0.4 is 25.6 Å². The Hall–Kier alpha value is -3.72. The molecular weight excluding hydrogens is 429 g/mol. The fourth-order valence-electron chi connectivity index (χ4n) is 3.42. The molecule has 0 fully saturated rings. The monoisotopic (exact) mass is 445 g/mol. The predicted octanol–water partition coefficient (Wildman–Crippen LogP) is 2.41. The molecule has 1 aliphatic heterocycles. The third-order valence-corrected chi connectivity index (χ3v) is 5.33. The van der Waals surface area contributed by atoms with Crippen molar-refractivity contribution in [2.24, 2.45) is 0 Å². The van der Waals surface area contributed by atoms with Crippen molar-refractivity contribution < 1.29 is 14.3 Å². The van der Waals surface area contributed by atoms with Gasteiger partial charge < -0.3 is 20.1 Å². The molecule has 1 aliphatic rings. The van der Waals surface area contributed by atoms with Gasteiger partial charge >= 0.3 is 0 Å². The molecule has 0 atom stereocenters. The molecule has 2 aromatic carbocycles. The average Bonchev–Trinajstić information content (AvgIpc) is 3.43. The number of aromatic nitrogens is 3. The second-order valence-corrected chi connectivity index (χ2v) is 7.50. The Morgan fingerprint density at radius 2 is 1.97 bits per heavy atom. The van der Waals surface area contributed by atoms with E-state index in [-0.39, 0.29) is 12.7 Å². The zero-order chi connectivity index (χ0) is 22.1. The van der Waals surface area contributed by atoms with E-state index in [1.165, 1.54) is 0 Å². The first kappa shape index (κ1) is 20.2. The number of carbonyl (C=O) groups excluding carboxylic acids is 1. The minimum Gasteiger partial charge on any atom is -0.454 e. The molecule has 1 amide bonds. The number of fused-ring (bicyclic) bond motifs is 2. The molecule has 4 aromatic rings. The van der Waals surface area contributed by atoms with Crippen LogP contribution in [0, 0.1) is 0 Å². The lowest BCUT2D eigenvalue weighted by atomic mass is 10.0. The van der Waals surface area contributed by atoms with E-state index in [1.54, 1.807) is 35.0 Å². The summed E-state index contributed by atoms with van der Waals surface area (Å²) in [5, 5.41) is 11.0. The summed E-state index contributed by atoms with van der Waals surface area (Å²) in [6.07, 6.45) is 1.55. The number of hydrogen-bond acceptors (Lipinski definition) is 6. The highest BCUT2D eigenvalue weighted by Crippen LogP contribution is 2.32. The molecule has 2 radical (unpaired) electrons. The number of hydrogen-bond donors (Lipinski definition) is 2. The fraction of sp³-hybridized carbons (Fsp3) is 0.136. The zero-order valence-electron chi connectivity index (χ0n) is 16.8. The number of carbonyl (C=O) groups is 1. The molecule has 0 saturated carbocycles. The van der Waals surface area contributed by atoms with Crippen LogP contribution >= 0.6 is 11.6 Å². The molecule has 0 bridgehead atoms. The lowest BCUT2D eigenvalue weighted by Gasteiger charge is -2.12. The number of anilines is 1. The number of amides is 1. The molecule has 0 unspecified atom stereocenters. The van der Waals surface area contributed by atoms with E-state index >= 15 is 0 Å². The number of halogens is 1. The highest BCUT2D eigenvalue weighted by atomic mass is 35.5. The second-order valence-electron chi connectivity index (χ2n) is 7.09. The van der Waals surface area contributed by atoms with E-state index in [0.717, 1.165) is 5.56 Å². The molecular formula is C22H17BClN5O3. The summed E-state index contributed by atoms with van der Waals surface area (Å²) in [6, 6.07) is 14.4. The van der Waals surface area contributed by atoms with Crippen molar-refractivity contribution in [1.82, 2.24) is 19.9 Å². The number of rotatable bonds is 6. The summed E-state index contributed by atoms with van der Waals surface area (Å²) in [6.45, 7) is 1.01. The van der Waals surface area contributed by atoms with Crippen LogP contribution in [-0.2, 0) is 0 Å². The summed E-state index contributed by atoms with van der Waals surface area (Å²) >= 11 is 6.35. The quantitative estimate of drug-likeness (QED) is 0.350. The van der Waals surface area contributed by atoms with Crippen LogP contribution in [-0.4, -0.2) is 48.2 Å². The number of nitrogens with one attached hydrogen (secondary N) is 2. The standard InChI is InChI=1S/C22H17BClN5O3/c23-15-11-27-29-20(10-17(28-21(15)29)14-3-1-2-4-16(14)24)25-7-8-26-22(30)13-5-6-18-19(9-13)32-12-31-18/h1-6,9-11,25H,7-8,12H2,(H,26,30). The normalized spacial score (nSPS) is 12.2. The Morgan fingerprint density at radius 1 is 1.12 bits per heavy atom. The van der Waals surface area contributed by atoms with Gasteiger partial charge in [-0.05, 0) is 29.7 Å². The molecule has 0 spiro atoms. The van der Waals surface area contributed by atoms with Crippen LogP contribution in [0.15, 0.2) is 54.7 Å². The van der Waals surface area contributed by atoms with Crippen LogP contribution in [0.2, 0.25) is 5.02 Å². The predicted molar refractivity (Wildman–Crippen MR) is 122 cm³/mol. The SMILES string of the molecule is [B]c1cnn2c(NCCNC(=O)c3ccc4c(c3)OCO4)cc(-c3ccccc3Cl)nc12. The van der Waals surface area contributed by atoms with Crippen molar-refractivity contribution in [2.75, 3.05) is 25.2 Å². The van der Waals surface area contributed by atoms with Crippen molar-refractivity contribution in [2.45, 2.75) is 0 Å². The molecule has 0 saturated heterocycles. The topological polar surface area (TPSA) is 89.8 Å². The summed E-state index contributed by atoms with van der Waals surface area (Å²) in [5.74, 6) is 1.68. The van der Waals surface area contributed by atoms with Gasteiger partial charge in [0.2, 0.25) is 6.79 Å². The highest BCUT2D eigenvalue weighted by molar-refractivity contribution is 6.36. The van der Waals surface area contributed by atoms with Gasteiger partial charge in [0.05, 0.1) is 5.69 Å². The van der Waals surface area contributed by atoms with E-state index in [4.69, 9.17) is 28.9 Å². The second kappa shape index (κ2) is 8.43. The Bertz CT molecular complexity index is 1330. The number of nitrogens with zero attached hydrogens (tertiary/aromatic N) is 3. The average molecular weight is 446 g/mol. The fourth-order valence-corrected chi connectivity index (χ4v) is 3.65. The van der Waals surface area contributed by atoms with E-state index in [0.29, 0.717) is 57.8 Å². The molecule has 8 nitrogen and oxygen atoms in total. The van der Waals surface area contributed by atoms with Crippen molar-refractivity contribution in [1.29, 1.82) is 0 Å². The summed E-state index contributed by atoms with van der Waals surface area (Å²) in [7, 11) is 6.05. The van der Waals surface area contributed by atoms with Crippen LogP contribution in [0.5, 0.6) is 11.5 Å². The molecule has 0 aliphatic carbocycles. The van der Waals surface area contributed by atoms with Gasteiger partial charge in [-0.25, -0.2) is 4.98 Å². The van der Waals surface area contributed by atoms with Gasteiger partial charge in [0.15, 0.2) is 17.1 Å². The van der Waals surface area contributed by atoms with Crippen molar-refractivity contribution >= 4 is 42.3 Å². The number of benzene rings is 2. The summed E-state index contributed by atoms with van der Waals surface area (Å²) in [4.78, 5) is 17.1. The maximum absolute atomic E-state index is 12.5. The molecule has 5 rings (SSSR count). The van der Waals surface area contributed by atoms with Gasteiger partial charge in [-0.2, -0.15) is 9.61 Å². The molecule has 158 valence electrons. The lowest BCUT2D eigenvalue weighted by Crippen LogP contribution is -2.29. The Balaban J connectivity index is 1.30.